The van der Waals surface area contributed by atoms with E-state index in [1.165, 1.54) is 11.3 Å². The van der Waals surface area contributed by atoms with Gasteiger partial charge in [-0.1, -0.05) is 18.2 Å². The van der Waals surface area contributed by atoms with Crippen molar-refractivity contribution in [3.63, 3.8) is 0 Å². The largest absolute Gasteiger partial charge is 0.493 e. The zero-order valence-electron chi connectivity index (χ0n) is 26.3. The number of aryl methyl sites for hydroxylation is 1. The number of amides is 3. The zero-order chi connectivity index (χ0) is 32.0. The van der Waals surface area contributed by atoms with Crippen LogP contribution in [0.3, 0.4) is 0 Å². The molecule has 3 aromatic rings. The summed E-state index contributed by atoms with van der Waals surface area (Å²) in [4.78, 5) is 44.0. The number of unbranched alkanes of at least 4 members (excludes halogenated alkanes) is 2. The minimum atomic E-state index is -0.249. The fourth-order valence-electron chi connectivity index (χ4n) is 4.89. The van der Waals surface area contributed by atoms with E-state index in [2.05, 4.69) is 22.6 Å². The third kappa shape index (κ3) is 10.6. The molecule has 0 saturated carbocycles. The third-order valence-corrected chi connectivity index (χ3v) is 8.66. The van der Waals surface area contributed by atoms with E-state index in [-0.39, 0.29) is 24.3 Å². The summed E-state index contributed by atoms with van der Waals surface area (Å²) in [5, 5.41) is 5.89. The minimum Gasteiger partial charge on any atom is -0.493 e. The van der Waals surface area contributed by atoms with E-state index >= 15 is 0 Å². The van der Waals surface area contributed by atoms with Gasteiger partial charge in [-0.3, -0.25) is 14.4 Å². The number of anilines is 1. The lowest BCUT2D eigenvalue weighted by molar-refractivity contribution is -0.132. The Labute approximate surface area is 269 Å². The molecule has 1 aromatic heterocycles. The van der Waals surface area contributed by atoms with Crippen molar-refractivity contribution in [2.24, 2.45) is 5.73 Å². The summed E-state index contributed by atoms with van der Waals surface area (Å²) in [5.74, 6) is 0.879. The number of benzene rings is 2. The summed E-state index contributed by atoms with van der Waals surface area (Å²) in [5.41, 5.74) is 7.63. The molecule has 1 fully saturated rings. The second-order valence-electron chi connectivity index (χ2n) is 11.2. The number of thiophene rings is 1. The maximum Gasteiger partial charge on any atom is 0.265 e. The van der Waals surface area contributed by atoms with Gasteiger partial charge in [0.1, 0.15) is 11.5 Å². The monoisotopic (exact) mass is 635 g/mol. The molecule has 4 N–H and O–H groups in total. The highest BCUT2D eigenvalue weighted by Gasteiger charge is 2.19. The molecule has 0 spiro atoms. The first-order chi connectivity index (χ1) is 21.8. The number of piperazine rings is 1. The molecular weight excluding hydrogens is 590 g/mol. The Bertz CT molecular complexity index is 1420. The fraction of sp³-hybridized carbons (Fsp3) is 0.441. The summed E-state index contributed by atoms with van der Waals surface area (Å²) in [6.07, 6.45) is 3.82. The number of carbonyl (C=O) groups is 3. The number of rotatable bonds is 16. The summed E-state index contributed by atoms with van der Waals surface area (Å²) < 4.78 is 11.8. The standard InChI is InChI=1S/C34H45N5O5S/c1-25-12-14-28(30(23-25)44-21-7-3-4-11-32(40)39-19-17-38(2)18-20-39)37-34(42)31-15-13-26(45-31)24-36-33(41)27-9-5-6-10-29(27)43-22-8-16-35/h5-6,9-10,12-15,23H,3-4,7-8,11,16-22,24,35H2,1-2H3,(H,36,41)(H,37,42). The summed E-state index contributed by atoms with van der Waals surface area (Å²) in [6, 6.07) is 16.4. The number of nitrogens with two attached hydrogens (primary N) is 1. The lowest BCUT2D eigenvalue weighted by Gasteiger charge is -2.32. The average molecular weight is 636 g/mol. The first kappa shape index (κ1) is 34.0. The van der Waals surface area contributed by atoms with Gasteiger partial charge in [-0.05, 0) is 88.2 Å². The van der Waals surface area contributed by atoms with E-state index in [0.29, 0.717) is 60.2 Å². The molecule has 11 heteroatoms. The molecule has 1 aliphatic rings. The number of nitrogens with zero attached hydrogens (tertiary/aromatic N) is 2. The molecule has 1 aliphatic heterocycles. The van der Waals surface area contributed by atoms with E-state index in [9.17, 15) is 14.4 Å². The van der Waals surface area contributed by atoms with Gasteiger partial charge in [-0.25, -0.2) is 0 Å². The van der Waals surface area contributed by atoms with Crippen LogP contribution in [0.25, 0.3) is 0 Å². The molecule has 4 rings (SSSR count). The van der Waals surface area contributed by atoms with Crippen LogP contribution in [-0.4, -0.2) is 80.5 Å². The highest BCUT2D eigenvalue weighted by molar-refractivity contribution is 7.14. The van der Waals surface area contributed by atoms with E-state index in [0.717, 1.165) is 55.9 Å². The van der Waals surface area contributed by atoms with Crippen LogP contribution in [0, 0.1) is 6.92 Å². The molecule has 242 valence electrons. The van der Waals surface area contributed by atoms with Crippen molar-refractivity contribution in [1.82, 2.24) is 15.1 Å². The first-order valence-electron chi connectivity index (χ1n) is 15.6. The van der Waals surface area contributed by atoms with Crippen molar-refractivity contribution in [2.75, 3.05) is 58.3 Å². The molecule has 0 bridgehead atoms. The number of hydrogen-bond donors (Lipinski definition) is 3. The van der Waals surface area contributed by atoms with Gasteiger partial charge in [-0.2, -0.15) is 0 Å². The van der Waals surface area contributed by atoms with Gasteiger partial charge in [-0.15, -0.1) is 11.3 Å². The van der Waals surface area contributed by atoms with Gasteiger partial charge in [0.2, 0.25) is 5.91 Å². The summed E-state index contributed by atoms with van der Waals surface area (Å²) >= 11 is 1.32. The Kier molecular flexibility index (Phi) is 13.2. The van der Waals surface area contributed by atoms with Gasteiger partial charge in [0.05, 0.1) is 35.9 Å². The Balaban J connectivity index is 1.23. The second kappa shape index (κ2) is 17.5. The van der Waals surface area contributed by atoms with Crippen LogP contribution in [0.1, 0.15) is 62.6 Å². The van der Waals surface area contributed by atoms with Crippen molar-refractivity contribution >= 4 is 34.7 Å². The Morgan fingerprint density at radius 3 is 2.42 bits per heavy atom. The number of para-hydroxylation sites is 1. The van der Waals surface area contributed by atoms with Gasteiger partial charge in [0.25, 0.3) is 11.8 Å². The van der Waals surface area contributed by atoms with E-state index in [1.807, 2.05) is 42.2 Å². The topological polar surface area (TPSA) is 126 Å². The Hall–Kier alpha value is -3.93. The van der Waals surface area contributed by atoms with Gasteiger partial charge < -0.3 is 35.6 Å². The highest BCUT2D eigenvalue weighted by atomic mass is 32.1. The molecule has 3 amide bonds. The Morgan fingerprint density at radius 2 is 1.62 bits per heavy atom. The van der Waals surface area contributed by atoms with E-state index < -0.39 is 0 Å². The molecule has 2 aromatic carbocycles. The Morgan fingerprint density at radius 1 is 0.867 bits per heavy atom. The third-order valence-electron chi connectivity index (χ3n) is 7.58. The van der Waals surface area contributed by atoms with Crippen molar-refractivity contribution in [1.29, 1.82) is 0 Å². The van der Waals surface area contributed by atoms with E-state index in [1.54, 1.807) is 24.3 Å². The van der Waals surface area contributed by atoms with Crippen molar-refractivity contribution in [3.05, 3.63) is 75.5 Å². The number of carbonyl (C=O) groups excluding carboxylic acids is 3. The van der Waals surface area contributed by atoms with E-state index in [4.69, 9.17) is 15.2 Å². The van der Waals surface area contributed by atoms with Crippen molar-refractivity contribution < 1.29 is 23.9 Å². The van der Waals surface area contributed by atoms with Crippen molar-refractivity contribution in [3.8, 4) is 11.5 Å². The normalized spacial score (nSPS) is 13.4. The second-order valence-corrected chi connectivity index (χ2v) is 12.4. The predicted octanol–water partition coefficient (Wildman–Crippen LogP) is 4.68. The molecule has 1 saturated heterocycles. The van der Waals surface area contributed by atoms with Crippen LogP contribution >= 0.6 is 11.3 Å². The van der Waals surface area contributed by atoms with Crippen LogP contribution in [0.15, 0.2) is 54.6 Å². The lowest BCUT2D eigenvalue weighted by atomic mass is 10.1. The van der Waals surface area contributed by atoms with Gasteiger partial charge in [0.15, 0.2) is 0 Å². The molecule has 2 heterocycles. The molecule has 0 unspecified atom stereocenters. The quantitative estimate of drug-likeness (QED) is 0.195. The van der Waals surface area contributed by atoms with Crippen LogP contribution in [0.2, 0.25) is 0 Å². The van der Waals surface area contributed by atoms with Crippen LogP contribution in [0.5, 0.6) is 11.5 Å². The van der Waals surface area contributed by atoms with Gasteiger partial charge >= 0.3 is 0 Å². The number of hydrogen-bond acceptors (Lipinski definition) is 8. The molecular formula is C34H45N5O5S. The molecule has 0 radical (unpaired) electrons. The summed E-state index contributed by atoms with van der Waals surface area (Å²) in [7, 11) is 2.08. The highest BCUT2D eigenvalue weighted by Crippen LogP contribution is 2.28. The number of ether oxygens (including phenoxy) is 2. The average Bonchev–Trinajstić information content (AvgIpc) is 3.52. The van der Waals surface area contributed by atoms with Gasteiger partial charge in [0, 0.05) is 37.5 Å². The fourth-order valence-corrected chi connectivity index (χ4v) is 5.73. The zero-order valence-corrected chi connectivity index (χ0v) is 27.1. The smallest absolute Gasteiger partial charge is 0.265 e. The number of likely N-dealkylation sites (N-methyl/N-ethyl adjacent to an activating group) is 1. The number of nitrogens with one attached hydrogen (secondary N) is 2. The maximum atomic E-state index is 13.1. The van der Waals surface area contributed by atoms with Crippen LogP contribution in [-0.2, 0) is 11.3 Å². The van der Waals surface area contributed by atoms with Crippen LogP contribution in [0.4, 0.5) is 5.69 Å². The SMILES string of the molecule is Cc1ccc(NC(=O)c2ccc(CNC(=O)c3ccccc3OCCCN)s2)c(OCCCCCC(=O)N2CCN(C)CC2)c1. The summed E-state index contributed by atoms with van der Waals surface area (Å²) in [6.45, 7) is 7.21. The molecule has 0 atom stereocenters. The maximum absolute atomic E-state index is 13.1. The molecule has 10 nitrogen and oxygen atoms in total. The van der Waals surface area contributed by atoms with Crippen molar-refractivity contribution in [2.45, 2.75) is 45.6 Å². The minimum absolute atomic E-state index is 0.237. The predicted molar refractivity (Wildman–Crippen MR) is 178 cm³/mol. The first-order valence-corrected chi connectivity index (χ1v) is 16.5. The van der Waals surface area contributed by atoms with Crippen LogP contribution < -0.4 is 25.8 Å². The molecule has 0 aliphatic carbocycles. The lowest BCUT2D eigenvalue weighted by Crippen LogP contribution is -2.47. The molecule has 45 heavy (non-hydrogen) atoms.